The van der Waals surface area contributed by atoms with Crippen LogP contribution in [0.25, 0.3) is 22.2 Å². The van der Waals surface area contributed by atoms with Gasteiger partial charge in [0.1, 0.15) is 0 Å². The van der Waals surface area contributed by atoms with Crippen molar-refractivity contribution in [2.45, 2.75) is 0 Å². The van der Waals surface area contributed by atoms with Crippen LogP contribution in [0.4, 0.5) is 11.4 Å². The van der Waals surface area contributed by atoms with Gasteiger partial charge in [0, 0.05) is 22.2 Å². The fraction of sp³-hybridized carbons (Fsp3) is 0. The topological polar surface area (TPSA) is 134 Å². The van der Waals surface area contributed by atoms with Gasteiger partial charge in [-0.25, -0.2) is 0 Å². The number of nitrogens with zero attached hydrogens (tertiary/aromatic N) is 4. The largest absolute Gasteiger partial charge is 0.277 e. The van der Waals surface area contributed by atoms with Gasteiger partial charge in [0.25, 0.3) is 11.4 Å². The summed E-state index contributed by atoms with van der Waals surface area (Å²) in [7, 11) is 0. The highest BCUT2D eigenvalue weighted by Gasteiger charge is 2.16. The number of hydrogen-bond acceptors (Lipinski definition) is 6. The fourth-order valence-electron chi connectivity index (χ4n) is 3.04. The molecule has 0 unspecified atom stereocenters. The van der Waals surface area contributed by atoms with E-state index < -0.39 is 9.85 Å². The zero-order valence-corrected chi connectivity index (χ0v) is 18.6. The van der Waals surface area contributed by atoms with Gasteiger partial charge in [-0.05, 0) is 53.6 Å². The van der Waals surface area contributed by atoms with Crippen LogP contribution in [-0.4, -0.2) is 9.85 Å². The molecule has 0 amide bonds. The molecular formula is C24H12Cl2N4O4. The maximum Gasteiger partial charge on any atom is 0.277 e. The lowest BCUT2D eigenvalue weighted by Gasteiger charge is -2.06. The molecule has 0 radical (unpaired) electrons. The number of nitro groups is 2. The monoisotopic (exact) mass is 490 g/mol. The summed E-state index contributed by atoms with van der Waals surface area (Å²) in [5, 5.41) is 41.1. The van der Waals surface area contributed by atoms with Gasteiger partial charge in [0.15, 0.2) is 0 Å². The summed E-state index contributed by atoms with van der Waals surface area (Å²) >= 11 is 12.8. The van der Waals surface area contributed by atoms with E-state index in [-0.39, 0.29) is 43.7 Å². The molecule has 3 rings (SSSR count). The highest BCUT2D eigenvalue weighted by molar-refractivity contribution is 6.52. The molecule has 10 heteroatoms. The Balaban J connectivity index is 2.00. The smallest absolute Gasteiger partial charge is 0.258 e. The van der Waals surface area contributed by atoms with Gasteiger partial charge in [-0.2, -0.15) is 10.5 Å². The van der Waals surface area contributed by atoms with Crippen LogP contribution in [0.1, 0.15) is 33.4 Å². The van der Waals surface area contributed by atoms with Crippen LogP contribution >= 0.6 is 23.2 Å². The minimum atomic E-state index is -0.600. The second-order valence-electron chi connectivity index (χ2n) is 6.85. The van der Waals surface area contributed by atoms with E-state index in [9.17, 15) is 20.2 Å². The predicted molar refractivity (Wildman–Crippen MR) is 130 cm³/mol. The van der Waals surface area contributed by atoms with Crippen LogP contribution in [0.2, 0.25) is 0 Å². The normalized spacial score (nSPS) is 11.4. The number of nitriles is 2. The maximum atomic E-state index is 11.4. The molecule has 0 aliphatic carbocycles. The number of halogens is 2. The third-order valence-electron chi connectivity index (χ3n) is 4.69. The van der Waals surface area contributed by atoms with Crippen molar-refractivity contribution in [3.63, 3.8) is 0 Å². The third-order valence-corrected chi connectivity index (χ3v) is 5.35. The average Bonchev–Trinajstić information content (AvgIpc) is 2.84. The lowest BCUT2D eigenvalue weighted by molar-refractivity contribution is -0.385. The molecule has 0 N–H and O–H groups in total. The molecule has 0 aliphatic rings. The van der Waals surface area contributed by atoms with Gasteiger partial charge in [-0.3, -0.25) is 20.2 Å². The van der Waals surface area contributed by atoms with Crippen LogP contribution in [0.5, 0.6) is 0 Å². The van der Waals surface area contributed by atoms with Crippen molar-refractivity contribution in [3.8, 4) is 12.1 Å². The minimum absolute atomic E-state index is 0.149. The zero-order chi connectivity index (χ0) is 24.8. The van der Waals surface area contributed by atoms with Crippen LogP contribution in [0.3, 0.4) is 0 Å². The van der Waals surface area contributed by atoms with Crippen molar-refractivity contribution in [1.29, 1.82) is 10.5 Å². The van der Waals surface area contributed by atoms with Crippen molar-refractivity contribution < 1.29 is 9.85 Å². The first kappa shape index (κ1) is 24.1. The first-order valence-corrected chi connectivity index (χ1v) is 10.2. The predicted octanol–water partition coefficient (Wildman–Crippen LogP) is 6.72. The number of nitro benzene ring substituents is 2. The first-order chi connectivity index (χ1) is 16.2. The molecule has 0 saturated heterocycles. The van der Waals surface area contributed by atoms with Gasteiger partial charge in [-0.15, -0.1) is 0 Å². The molecule has 3 aromatic rings. The van der Waals surface area contributed by atoms with E-state index in [0.29, 0.717) is 11.1 Å². The quantitative estimate of drug-likeness (QED) is 0.213. The van der Waals surface area contributed by atoms with E-state index in [4.69, 9.17) is 33.7 Å². The molecule has 0 saturated carbocycles. The molecule has 34 heavy (non-hydrogen) atoms. The van der Waals surface area contributed by atoms with E-state index >= 15 is 0 Å². The van der Waals surface area contributed by atoms with Gasteiger partial charge in [0.05, 0.1) is 44.2 Å². The van der Waals surface area contributed by atoms with Crippen LogP contribution < -0.4 is 0 Å². The number of hydrogen-bond donors (Lipinski definition) is 0. The van der Waals surface area contributed by atoms with Crippen LogP contribution in [-0.2, 0) is 0 Å². The second kappa shape index (κ2) is 10.4. The summed E-state index contributed by atoms with van der Waals surface area (Å²) in [5.41, 5.74) is 1.20. The Morgan fingerprint density at radius 1 is 0.735 bits per heavy atom. The molecule has 0 spiro atoms. The van der Waals surface area contributed by atoms with Crippen molar-refractivity contribution in [3.05, 3.63) is 114 Å². The highest BCUT2D eigenvalue weighted by Crippen LogP contribution is 2.32. The zero-order valence-electron chi connectivity index (χ0n) is 17.1. The Labute approximate surface area is 203 Å². The van der Waals surface area contributed by atoms with Gasteiger partial charge < -0.3 is 0 Å². The molecule has 3 aromatic carbocycles. The van der Waals surface area contributed by atoms with Crippen molar-refractivity contribution in [2.24, 2.45) is 0 Å². The second-order valence-corrected chi connectivity index (χ2v) is 7.66. The summed E-state index contributed by atoms with van der Waals surface area (Å²) in [4.78, 5) is 21.5. The Morgan fingerprint density at radius 3 is 1.50 bits per heavy atom. The Hall–Kier alpha value is -4.50. The number of rotatable bonds is 6. The van der Waals surface area contributed by atoms with E-state index in [1.54, 1.807) is 24.3 Å². The van der Waals surface area contributed by atoms with Crippen LogP contribution in [0, 0.1) is 42.9 Å². The van der Waals surface area contributed by atoms with E-state index in [2.05, 4.69) is 0 Å². The minimum Gasteiger partial charge on any atom is -0.258 e. The molecular weight excluding hydrogens is 479 g/mol. The molecule has 0 aromatic heterocycles. The lowest BCUT2D eigenvalue weighted by atomic mass is 10.0. The molecule has 0 aliphatic heterocycles. The van der Waals surface area contributed by atoms with Crippen molar-refractivity contribution >= 4 is 56.8 Å². The number of benzene rings is 3. The Morgan fingerprint density at radius 2 is 1.15 bits per heavy atom. The van der Waals surface area contributed by atoms with Gasteiger partial charge in [0.2, 0.25) is 0 Å². The van der Waals surface area contributed by atoms with Crippen LogP contribution in [0.15, 0.2) is 60.7 Å². The molecule has 0 bridgehead atoms. The lowest BCUT2D eigenvalue weighted by Crippen LogP contribution is -1.93. The maximum absolute atomic E-state index is 11.4. The molecule has 0 fully saturated rings. The molecule has 8 nitrogen and oxygen atoms in total. The van der Waals surface area contributed by atoms with Gasteiger partial charge >= 0.3 is 0 Å². The molecule has 166 valence electrons. The fourth-order valence-corrected chi connectivity index (χ4v) is 3.51. The van der Waals surface area contributed by atoms with E-state index in [1.165, 1.54) is 36.4 Å². The SMILES string of the molecule is N#Cc1ccc(/C=C(/Cl)c2cccc(/C(Cl)=C\c3ccc(C#N)cc3[N+](=O)[O-])c2)c([N+](=O)[O-])c1. The molecule has 0 atom stereocenters. The highest BCUT2D eigenvalue weighted by atomic mass is 35.5. The molecule has 0 heterocycles. The summed E-state index contributed by atoms with van der Waals surface area (Å²) in [6.45, 7) is 0. The first-order valence-electron chi connectivity index (χ1n) is 9.45. The van der Waals surface area contributed by atoms with Crippen molar-refractivity contribution in [2.75, 3.05) is 0 Å². The summed E-state index contributed by atoms with van der Waals surface area (Å²) in [6.07, 6.45) is 2.81. The average molecular weight is 491 g/mol. The van der Waals surface area contributed by atoms with E-state index in [1.807, 2.05) is 12.1 Å². The standard InChI is InChI=1S/C24H12Cl2N4O4/c25-21(11-19-6-4-15(13-27)8-23(19)29(31)32)17-2-1-3-18(10-17)22(26)12-20-7-5-16(14-28)9-24(20)30(33)34/h1-12H/b21-11+,22-12+. The summed E-state index contributed by atoms with van der Waals surface area (Å²) in [5.74, 6) is 0. The third kappa shape index (κ3) is 5.45. The summed E-state index contributed by atoms with van der Waals surface area (Å²) in [6, 6.07) is 18.4. The summed E-state index contributed by atoms with van der Waals surface area (Å²) < 4.78 is 0. The Kier molecular flexibility index (Phi) is 7.39. The van der Waals surface area contributed by atoms with E-state index in [0.717, 1.165) is 12.1 Å². The van der Waals surface area contributed by atoms with Gasteiger partial charge in [-0.1, -0.05) is 41.4 Å². The Bertz CT molecular complexity index is 1360. The van der Waals surface area contributed by atoms with Crippen molar-refractivity contribution in [1.82, 2.24) is 0 Å².